The highest BCUT2D eigenvalue weighted by molar-refractivity contribution is 6.15. The minimum Gasteiger partial charge on any atom is -0.309 e. The number of rotatable bonds is 7. The van der Waals surface area contributed by atoms with E-state index in [4.69, 9.17) is 15.0 Å². The zero-order chi connectivity index (χ0) is 45.4. The molecule has 0 aliphatic heterocycles. The van der Waals surface area contributed by atoms with Crippen molar-refractivity contribution in [2.75, 3.05) is 0 Å². The van der Waals surface area contributed by atoms with Gasteiger partial charge in [0, 0.05) is 33.2 Å². The van der Waals surface area contributed by atoms with Gasteiger partial charge in [0.05, 0.1) is 22.7 Å². The smallest absolute Gasteiger partial charge is 0.164 e. The fraction of sp³-hybridized carbons (Fsp3) is 0.355. The van der Waals surface area contributed by atoms with E-state index in [1.165, 1.54) is 80.9 Å². The second-order valence-corrected chi connectivity index (χ2v) is 22.1. The van der Waals surface area contributed by atoms with Crippen molar-refractivity contribution >= 4 is 21.8 Å². The molecule has 4 unspecified atom stereocenters. The van der Waals surface area contributed by atoms with Crippen molar-refractivity contribution in [2.24, 2.45) is 35.5 Å². The molecule has 334 valence electrons. The van der Waals surface area contributed by atoms with Crippen LogP contribution >= 0.6 is 0 Å². The van der Waals surface area contributed by atoms with Crippen LogP contribution < -0.4 is 0 Å². The van der Waals surface area contributed by atoms with Crippen molar-refractivity contribution < 1.29 is 0 Å². The van der Waals surface area contributed by atoms with Crippen molar-refractivity contribution in [1.82, 2.24) is 19.5 Å². The summed E-state index contributed by atoms with van der Waals surface area (Å²) in [5, 5.41) is 12.0. The maximum Gasteiger partial charge on any atom is 0.164 e. The third-order valence-electron chi connectivity index (χ3n) is 16.8. The standard InChI is InChI=1S/C62H61N5/c1-39-26-44-27-40(2)33-61(32-39,36-44)50-22-18-46(19-23-50)48-11-8-12-49(31-48)59-64-58(47-20-24-51(25-21-47)62-34-41(3)28-45(37-62)29-42(4)35-62)65-60(66-59)54-15-9-17-56-57(54)53-14-5-6-16-55(53)67(56)52-13-7-10-43(30-52)38-63/h5-25,30-31,39-42,44-45H,26-29,32-37H2,1-4H3/t39-,40+,41-,42+,44?,45?,61?,62?. The van der Waals surface area contributed by atoms with Gasteiger partial charge in [0.25, 0.3) is 0 Å². The lowest BCUT2D eigenvalue weighted by Gasteiger charge is -2.50. The fourth-order valence-electron chi connectivity index (χ4n) is 14.9. The van der Waals surface area contributed by atoms with Gasteiger partial charge < -0.3 is 4.57 Å². The predicted molar refractivity (Wildman–Crippen MR) is 274 cm³/mol. The Bertz CT molecular complexity index is 3170. The molecule has 67 heavy (non-hydrogen) atoms. The highest BCUT2D eigenvalue weighted by Gasteiger charge is 2.46. The maximum absolute atomic E-state index is 9.86. The number of aromatic nitrogens is 4. The molecule has 0 N–H and O–H groups in total. The van der Waals surface area contributed by atoms with Crippen LogP contribution in [0.2, 0.25) is 0 Å². The molecular weight excluding hydrogens is 815 g/mol. The van der Waals surface area contributed by atoms with Gasteiger partial charge in [-0.1, -0.05) is 131 Å². The van der Waals surface area contributed by atoms with Crippen molar-refractivity contribution in [3.63, 3.8) is 0 Å². The summed E-state index contributed by atoms with van der Waals surface area (Å²) >= 11 is 0. The number of hydrogen-bond acceptors (Lipinski definition) is 4. The van der Waals surface area contributed by atoms with Crippen LogP contribution in [0, 0.1) is 46.8 Å². The van der Waals surface area contributed by atoms with E-state index in [2.05, 4.69) is 160 Å². The normalized spacial score (nSPS) is 26.9. The molecule has 2 aromatic heterocycles. The molecular formula is C62H61N5. The summed E-state index contributed by atoms with van der Waals surface area (Å²) < 4.78 is 2.26. The van der Waals surface area contributed by atoms with Gasteiger partial charge in [0.1, 0.15) is 0 Å². The molecule has 5 nitrogen and oxygen atoms in total. The van der Waals surface area contributed by atoms with Crippen LogP contribution in [0.1, 0.15) is 109 Å². The molecule has 8 aromatic rings. The molecule has 12 rings (SSSR count). The van der Waals surface area contributed by atoms with Gasteiger partial charge in [-0.25, -0.2) is 15.0 Å². The first-order chi connectivity index (χ1) is 32.6. The Morgan fingerprint density at radius 2 is 1.00 bits per heavy atom. The van der Waals surface area contributed by atoms with Crippen molar-refractivity contribution in [2.45, 2.75) is 103 Å². The van der Waals surface area contributed by atoms with Crippen molar-refractivity contribution in [3.05, 3.63) is 156 Å². The molecule has 4 aliphatic rings. The maximum atomic E-state index is 9.86. The third-order valence-corrected chi connectivity index (χ3v) is 16.8. The Labute approximate surface area is 396 Å². The highest BCUT2D eigenvalue weighted by atomic mass is 15.0. The zero-order valence-corrected chi connectivity index (χ0v) is 39.6. The first kappa shape index (κ1) is 42.0. The third kappa shape index (κ3) is 7.48. The second-order valence-electron chi connectivity index (χ2n) is 22.1. The SMILES string of the molecule is C[C@@H]1CC2C[C@H](C)CC(c3ccc(-c4cccc(-c5nc(-c6ccc(C78CC(C[C@@H](C)C7)C[C@H](C)C8)cc6)nc(-c6cccc7c6c6ccccc6n7-c6cccc(C#N)c6)n5)c4)cc3)(C2)C1. The quantitative estimate of drug-likeness (QED) is 0.160. The Balaban J connectivity index is 0.979. The van der Waals surface area contributed by atoms with Gasteiger partial charge in [-0.2, -0.15) is 5.26 Å². The number of para-hydroxylation sites is 1. The van der Waals surface area contributed by atoms with Crippen LogP contribution in [0.15, 0.2) is 140 Å². The summed E-state index contributed by atoms with van der Waals surface area (Å²) in [4.78, 5) is 16.1. The molecule has 0 amide bonds. The van der Waals surface area contributed by atoms with E-state index in [1.54, 1.807) is 0 Å². The summed E-state index contributed by atoms with van der Waals surface area (Å²) in [5.41, 5.74) is 12.5. The van der Waals surface area contributed by atoms with Gasteiger partial charge in [0.15, 0.2) is 17.5 Å². The highest BCUT2D eigenvalue weighted by Crippen LogP contribution is 2.55. The molecule has 2 heterocycles. The first-order valence-corrected chi connectivity index (χ1v) is 25.2. The number of fused-ring (bicyclic) bond motifs is 7. The summed E-state index contributed by atoms with van der Waals surface area (Å²) in [6, 6.07) is 52.8. The van der Waals surface area contributed by atoms with E-state index in [-0.39, 0.29) is 5.41 Å². The molecule has 0 spiro atoms. The lowest BCUT2D eigenvalue weighted by Crippen LogP contribution is -2.42. The molecule has 0 radical (unpaired) electrons. The molecule has 5 heteroatoms. The largest absolute Gasteiger partial charge is 0.309 e. The van der Waals surface area contributed by atoms with E-state index < -0.39 is 0 Å². The average molecular weight is 876 g/mol. The molecule has 0 saturated heterocycles. The van der Waals surface area contributed by atoms with Gasteiger partial charge >= 0.3 is 0 Å². The monoisotopic (exact) mass is 875 g/mol. The van der Waals surface area contributed by atoms with Crippen molar-refractivity contribution in [3.8, 4) is 57.0 Å². The van der Waals surface area contributed by atoms with E-state index in [0.29, 0.717) is 28.5 Å². The minimum atomic E-state index is 0.245. The molecule has 4 saturated carbocycles. The molecule has 8 atom stereocenters. The summed E-state index contributed by atoms with van der Waals surface area (Å²) in [6.45, 7) is 9.88. The van der Waals surface area contributed by atoms with E-state index >= 15 is 0 Å². The van der Waals surface area contributed by atoms with Gasteiger partial charge in [-0.15, -0.1) is 0 Å². The lowest BCUT2D eigenvalue weighted by molar-refractivity contribution is 0.0779. The summed E-state index contributed by atoms with van der Waals surface area (Å²) in [5.74, 6) is 6.72. The summed E-state index contributed by atoms with van der Waals surface area (Å²) in [7, 11) is 0. The van der Waals surface area contributed by atoms with Crippen LogP contribution in [0.5, 0.6) is 0 Å². The van der Waals surface area contributed by atoms with Gasteiger partial charge in [-0.3, -0.25) is 0 Å². The summed E-state index contributed by atoms with van der Waals surface area (Å²) in [6.07, 6.45) is 13.3. The number of nitriles is 1. The minimum absolute atomic E-state index is 0.245. The van der Waals surface area contributed by atoms with E-state index in [1.807, 2.05) is 18.2 Å². The van der Waals surface area contributed by atoms with Gasteiger partial charge in [0.2, 0.25) is 0 Å². The molecule has 4 fully saturated rings. The predicted octanol–water partition coefficient (Wildman–Crippen LogP) is 15.7. The van der Waals surface area contributed by atoms with Crippen LogP contribution in [-0.2, 0) is 10.8 Å². The lowest BCUT2D eigenvalue weighted by atomic mass is 9.54. The number of hydrogen-bond donors (Lipinski definition) is 0. The Morgan fingerprint density at radius 3 is 1.63 bits per heavy atom. The number of nitrogens with zero attached hydrogens (tertiary/aromatic N) is 5. The second kappa shape index (κ2) is 16.4. The average Bonchev–Trinajstić information content (AvgIpc) is 3.68. The van der Waals surface area contributed by atoms with Crippen LogP contribution in [0.4, 0.5) is 0 Å². The van der Waals surface area contributed by atoms with Crippen LogP contribution in [0.3, 0.4) is 0 Å². The first-order valence-electron chi connectivity index (χ1n) is 25.2. The van der Waals surface area contributed by atoms with E-state index in [9.17, 15) is 5.26 Å². The number of benzene rings is 6. The van der Waals surface area contributed by atoms with Crippen molar-refractivity contribution in [1.29, 1.82) is 5.26 Å². The van der Waals surface area contributed by atoms with E-state index in [0.717, 1.165) is 85.3 Å². The van der Waals surface area contributed by atoms with Gasteiger partial charge in [-0.05, 0) is 169 Å². The molecule has 4 aliphatic carbocycles. The topological polar surface area (TPSA) is 67.4 Å². The fourth-order valence-corrected chi connectivity index (χ4v) is 14.9. The molecule has 6 aromatic carbocycles. The Morgan fingerprint density at radius 1 is 0.478 bits per heavy atom. The zero-order valence-electron chi connectivity index (χ0n) is 39.6. The molecule has 4 bridgehead atoms. The van der Waals surface area contributed by atoms with Crippen LogP contribution in [-0.4, -0.2) is 19.5 Å². The Hall–Kier alpha value is -6.38. The Kier molecular flexibility index (Phi) is 10.3. The van der Waals surface area contributed by atoms with Crippen LogP contribution in [0.25, 0.3) is 72.8 Å².